The third-order valence-electron chi connectivity index (χ3n) is 5.34. The number of hydrogen-bond acceptors (Lipinski definition) is 6. The molecule has 0 unspecified atom stereocenters. The van der Waals surface area contributed by atoms with Crippen molar-refractivity contribution in [1.82, 2.24) is 0 Å². The first kappa shape index (κ1) is 19.6. The minimum atomic E-state index is -0.510. The van der Waals surface area contributed by atoms with Crippen molar-refractivity contribution >= 4 is 33.9 Å². The predicted octanol–water partition coefficient (Wildman–Crippen LogP) is 4.25. The van der Waals surface area contributed by atoms with E-state index in [-0.39, 0.29) is 11.3 Å². The molecule has 0 spiro atoms. The van der Waals surface area contributed by atoms with E-state index in [4.69, 9.17) is 4.42 Å². The van der Waals surface area contributed by atoms with Crippen molar-refractivity contribution in [2.24, 2.45) is 0 Å². The zero-order valence-corrected chi connectivity index (χ0v) is 16.5. The van der Waals surface area contributed by atoms with Crippen molar-refractivity contribution in [1.29, 1.82) is 0 Å². The van der Waals surface area contributed by atoms with Crippen molar-refractivity contribution in [3.63, 3.8) is 0 Å². The van der Waals surface area contributed by atoms with Crippen LogP contribution in [-0.4, -0.2) is 23.9 Å². The second-order valence-corrected chi connectivity index (χ2v) is 7.42. The molecule has 1 saturated heterocycles. The smallest absolute Gasteiger partial charge is 0.336 e. The van der Waals surface area contributed by atoms with Gasteiger partial charge < -0.3 is 14.6 Å². The van der Waals surface area contributed by atoms with Gasteiger partial charge in [-0.15, -0.1) is 0 Å². The number of nitrogens with zero attached hydrogens (tertiary/aromatic N) is 2. The lowest BCUT2D eigenvalue weighted by Gasteiger charge is -2.30. The molecule has 3 aromatic rings. The second-order valence-electron chi connectivity index (χ2n) is 7.42. The van der Waals surface area contributed by atoms with Crippen LogP contribution in [0.1, 0.15) is 35.2 Å². The lowest BCUT2D eigenvalue weighted by molar-refractivity contribution is -0.384. The summed E-state index contributed by atoms with van der Waals surface area (Å²) in [6, 6.07) is 10.8. The van der Waals surface area contributed by atoms with Crippen LogP contribution in [0, 0.1) is 17.0 Å². The molecule has 1 aliphatic heterocycles. The maximum atomic E-state index is 13.1. The first-order valence-corrected chi connectivity index (χ1v) is 9.81. The molecule has 4 rings (SSSR count). The molecule has 0 bridgehead atoms. The van der Waals surface area contributed by atoms with Gasteiger partial charge in [0.15, 0.2) is 0 Å². The molecule has 8 heteroatoms. The van der Waals surface area contributed by atoms with Crippen molar-refractivity contribution < 1.29 is 14.1 Å². The Morgan fingerprint density at radius 3 is 2.60 bits per heavy atom. The number of carbonyl (C=O) groups is 1. The number of nitro benzene ring substituents is 1. The quantitative estimate of drug-likeness (QED) is 0.394. The fourth-order valence-corrected chi connectivity index (χ4v) is 3.83. The molecule has 2 aromatic carbocycles. The predicted molar refractivity (Wildman–Crippen MR) is 114 cm³/mol. The number of piperidine rings is 1. The summed E-state index contributed by atoms with van der Waals surface area (Å²) in [5, 5.41) is 14.8. The number of aryl methyl sites for hydroxylation is 1. The lowest BCUT2D eigenvalue weighted by Crippen LogP contribution is -2.31. The van der Waals surface area contributed by atoms with Crippen LogP contribution >= 0.6 is 0 Å². The number of benzene rings is 2. The molecule has 0 atom stereocenters. The van der Waals surface area contributed by atoms with E-state index in [9.17, 15) is 19.7 Å². The standard InChI is InChI=1S/C22H21N3O5/c1-14-11-21(26)30-20-12-15(5-7-17(14)20)23-22(27)18-13-16(25(28)29)6-8-19(18)24-9-3-2-4-10-24/h5-8,11-13H,2-4,9-10H2,1H3,(H,23,27). The van der Waals surface area contributed by atoms with E-state index < -0.39 is 16.5 Å². The van der Waals surface area contributed by atoms with Gasteiger partial charge in [-0.25, -0.2) is 4.79 Å². The van der Waals surface area contributed by atoms with E-state index >= 15 is 0 Å². The maximum Gasteiger partial charge on any atom is 0.336 e. The third kappa shape index (κ3) is 3.89. The molecule has 30 heavy (non-hydrogen) atoms. The van der Waals surface area contributed by atoms with E-state index in [2.05, 4.69) is 10.2 Å². The van der Waals surface area contributed by atoms with E-state index in [0.29, 0.717) is 17.0 Å². The largest absolute Gasteiger partial charge is 0.423 e. The van der Waals surface area contributed by atoms with E-state index in [1.807, 2.05) is 6.92 Å². The number of fused-ring (bicyclic) bond motifs is 1. The number of non-ortho nitro benzene ring substituents is 1. The number of hydrogen-bond donors (Lipinski definition) is 1. The molecular formula is C22H21N3O5. The SMILES string of the molecule is Cc1cc(=O)oc2cc(NC(=O)c3cc([N+](=O)[O-])ccc3N3CCCCC3)ccc12. The number of amides is 1. The number of rotatable bonds is 4. The van der Waals surface area contributed by atoms with Crippen molar-refractivity contribution in [2.45, 2.75) is 26.2 Å². The molecule has 1 fully saturated rings. The summed E-state index contributed by atoms with van der Waals surface area (Å²) in [5.41, 5.74) is 1.92. The molecule has 154 valence electrons. The van der Waals surface area contributed by atoms with E-state index in [1.54, 1.807) is 24.3 Å². The Hall–Kier alpha value is -3.68. The van der Waals surface area contributed by atoms with Crippen molar-refractivity contribution in [2.75, 3.05) is 23.3 Å². The molecule has 1 N–H and O–H groups in total. The van der Waals surface area contributed by atoms with Gasteiger partial charge in [0.25, 0.3) is 11.6 Å². The lowest BCUT2D eigenvalue weighted by atomic mass is 10.1. The van der Waals surface area contributed by atoms with Crippen molar-refractivity contribution in [3.8, 4) is 0 Å². The minimum Gasteiger partial charge on any atom is -0.423 e. The Balaban J connectivity index is 1.69. The van der Waals surface area contributed by atoms with Gasteiger partial charge in [0.05, 0.1) is 16.2 Å². The molecule has 0 saturated carbocycles. The van der Waals surface area contributed by atoms with Crippen LogP contribution in [0.25, 0.3) is 11.0 Å². The summed E-state index contributed by atoms with van der Waals surface area (Å²) >= 11 is 0. The van der Waals surface area contributed by atoms with Gasteiger partial charge in [-0.05, 0) is 49.9 Å². The molecule has 8 nitrogen and oxygen atoms in total. The number of nitrogens with one attached hydrogen (secondary N) is 1. The zero-order valence-electron chi connectivity index (χ0n) is 16.5. The summed E-state index contributed by atoms with van der Waals surface area (Å²) in [4.78, 5) is 37.6. The topological polar surface area (TPSA) is 106 Å². The average Bonchev–Trinajstić information content (AvgIpc) is 2.73. The fourth-order valence-electron chi connectivity index (χ4n) is 3.83. The normalized spacial score (nSPS) is 14.0. The van der Waals surface area contributed by atoms with Crippen LogP contribution in [0.2, 0.25) is 0 Å². The Bertz CT molecular complexity index is 1200. The summed E-state index contributed by atoms with van der Waals surface area (Å²) in [5.74, 6) is -0.450. The highest BCUT2D eigenvalue weighted by molar-refractivity contribution is 6.09. The Morgan fingerprint density at radius 2 is 1.87 bits per heavy atom. The molecule has 0 radical (unpaired) electrons. The van der Waals surface area contributed by atoms with Crippen LogP contribution < -0.4 is 15.8 Å². The van der Waals surface area contributed by atoms with Gasteiger partial charge >= 0.3 is 5.63 Å². The van der Waals surface area contributed by atoms with Crippen LogP contribution in [0.3, 0.4) is 0 Å². The van der Waals surface area contributed by atoms with Gasteiger partial charge in [-0.3, -0.25) is 14.9 Å². The minimum absolute atomic E-state index is 0.138. The van der Waals surface area contributed by atoms with E-state index in [0.717, 1.165) is 43.3 Å². The van der Waals surface area contributed by atoms with Crippen LogP contribution in [0.5, 0.6) is 0 Å². The van der Waals surface area contributed by atoms with Gasteiger partial charge in [-0.1, -0.05) is 0 Å². The number of nitro groups is 1. The van der Waals surface area contributed by atoms with Gasteiger partial charge in [-0.2, -0.15) is 0 Å². The van der Waals surface area contributed by atoms with Crippen molar-refractivity contribution in [3.05, 3.63) is 74.1 Å². The summed E-state index contributed by atoms with van der Waals surface area (Å²) in [6.07, 6.45) is 3.16. The highest BCUT2D eigenvalue weighted by Crippen LogP contribution is 2.29. The molecule has 2 heterocycles. The van der Waals surface area contributed by atoms with Crippen LogP contribution in [0.4, 0.5) is 17.1 Å². The Kier molecular flexibility index (Phi) is 5.22. The second kappa shape index (κ2) is 7.98. The third-order valence-corrected chi connectivity index (χ3v) is 5.34. The highest BCUT2D eigenvalue weighted by atomic mass is 16.6. The first-order chi connectivity index (χ1) is 14.4. The number of carbonyl (C=O) groups excluding carboxylic acids is 1. The van der Waals surface area contributed by atoms with E-state index in [1.165, 1.54) is 18.2 Å². The molecule has 1 aromatic heterocycles. The highest BCUT2D eigenvalue weighted by Gasteiger charge is 2.22. The Labute approximate surface area is 172 Å². The molecular weight excluding hydrogens is 386 g/mol. The summed E-state index contributed by atoms with van der Waals surface area (Å²) in [7, 11) is 0. The summed E-state index contributed by atoms with van der Waals surface area (Å²) in [6.45, 7) is 3.42. The number of anilines is 2. The first-order valence-electron chi connectivity index (χ1n) is 9.81. The molecule has 1 aliphatic rings. The Morgan fingerprint density at radius 1 is 1.10 bits per heavy atom. The monoisotopic (exact) mass is 407 g/mol. The van der Waals surface area contributed by atoms with Gasteiger partial charge in [0, 0.05) is 48.4 Å². The average molecular weight is 407 g/mol. The van der Waals surface area contributed by atoms with Gasteiger partial charge in [0.2, 0.25) is 0 Å². The molecule has 0 aliphatic carbocycles. The fraction of sp³-hybridized carbons (Fsp3) is 0.273. The van der Waals surface area contributed by atoms with Crippen LogP contribution in [0.15, 0.2) is 51.7 Å². The van der Waals surface area contributed by atoms with Crippen LogP contribution in [-0.2, 0) is 0 Å². The zero-order chi connectivity index (χ0) is 21.3. The maximum absolute atomic E-state index is 13.1. The molecule has 1 amide bonds. The van der Waals surface area contributed by atoms with Gasteiger partial charge in [0.1, 0.15) is 5.58 Å². The summed E-state index contributed by atoms with van der Waals surface area (Å²) < 4.78 is 5.24.